The van der Waals surface area contributed by atoms with E-state index in [1.807, 2.05) is 11.3 Å². The van der Waals surface area contributed by atoms with Gasteiger partial charge in [-0.05, 0) is 24.8 Å². The molecule has 2 aliphatic rings. The van der Waals surface area contributed by atoms with Crippen LogP contribution in [0.4, 0.5) is 5.82 Å². The zero-order chi connectivity index (χ0) is 17.3. The predicted molar refractivity (Wildman–Crippen MR) is 107 cm³/mol. The van der Waals surface area contributed by atoms with E-state index in [4.69, 9.17) is 0 Å². The fraction of sp³-hybridized carbons (Fsp3) is 0.429. The summed E-state index contributed by atoms with van der Waals surface area (Å²) in [6.07, 6.45) is 7.84. The van der Waals surface area contributed by atoms with Crippen LogP contribution in [0.5, 0.6) is 0 Å². The van der Waals surface area contributed by atoms with E-state index in [0.717, 1.165) is 12.4 Å². The molecule has 5 rings (SSSR count). The summed E-state index contributed by atoms with van der Waals surface area (Å²) in [5.74, 6) is 1.07. The fourth-order valence-electron chi connectivity index (χ4n) is 4.46. The highest BCUT2D eigenvalue weighted by Gasteiger charge is 2.25. The second-order valence-corrected chi connectivity index (χ2v) is 8.67. The molecule has 0 spiro atoms. The third-order valence-corrected chi connectivity index (χ3v) is 7.03. The zero-order valence-corrected chi connectivity index (χ0v) is 15.8. The lowest BCUT2D eigenvalue weighted by Gasteiger charge is -2.30. The first-order valence-corrected chi connectivity index (χ1v) is 10.6. The third kappa shape index (κ3) is 3.10. The first-order chi connectivity index (χ1) is 12.9. The summed E-state index contributed by atoms with van der Waals surface area (Å²) in [5.41, 5.74) is 2.96. The lowest BCUT2D eigenvalue weighted by molar-refractivity contribution is -0.918. The van der Waals surface area contributed by atoms with Crippen LogP contribution in [-0.2, 0) is 19.4 Å². The maximum Gasteiger partial charge on any atom is 0.138 e. The van der Waals surface area contributed by atoms with Crippen LogP contribution in [0.15, 0.2) is 36.7 Å². The Morgan fingerprint density at radius 2 is 1.92 bits per heavy atom. The number of nitrogens with zero attached hydrogens (tertiary/aromatic N) is 2. The molecule has 1 fully saturated rings. The number of anilines is 1. The van der Waals surface area contributed by atoms with E-state index in [2.05, 4.69) is 45.6 Å². The van der Waals surface area contributed by atoms with Gasteiger partial charge in [0.2, 0.25) is 0 Å². The lowest BCUT2D eigenvalue weighted by atomic mass is 10.0. The standard InChI is InChI=1S/C21H24N4S/c1-2-5-15(6-3-1)13-25-11-9-16(10-12-25)24-20-19-17-7-4-8-18(17)26-21(19)23-14-22-20/h1-3,5-6,14,16H,4,7-13H2,(H,22,23,24)/p+1. The summed E-state index contributed by atoms with van der Waals surface area (Å²) in [6.45, 7) is 3.59. The van der Waals surface area contributed by atoms with E-state index < -0.39 is 0 Å². The molecular formula is C21H25N4S+. The number of fused-ring (bicyclic) bond motifs is 3. The van der Waals surface area contributed by atoms with Crippen LogP contribution in [0, 0.1) is 0 Å². The molecule has 1 aliphatic heterocycles. The molecular weight excluding hydrogens is 340 g/mol. The highest BCUT2D eigenvalue weighted by molar-refractivity contribution is 7.19. The zero-order valence-electron chi connectivity index (χ0n) is 15.0. The Kier molecular flexibility index (Phi) is 4.35. The van der Waals surface area contributed by atoms with Gasteiger partial charge >= 0.3 is 0 Å². The predicted octanol–water partition coefficient (Wildman–Crippen LogP) is 2.84. The van der Waals surface area contributed by atoms with E-state index in [1.54, 1.807) is 11.2 Å². The molecule has 2 aromatic heterocycles. The van der Waals surface area contributed by atoms with Crippen LogP contribution >= 0.6 is 11.3 Å². The van der Waals surface area contributed by atoms with E-state index in [9.17, 15) is 0 Å². The molecule has 26 heavy (non-hydrogen) atoms. The van der Waals surface area contributed by atoms with E-state index >= 15 is 0 Å². The van der Waals surface area contributed by atoms with Crippen LogP contribution in [0.25, 0.3) is 10.2 Å². The molecule has 5 heteroatoms. The Balaban J connectivity index is 1.26. The molecule has 1 aliphatic carbocycles. The number of aromatic nitrogens is 2. The summed E-state index contributed by atoms with van der Waals surface area (Å²) in [5, 5.41) is 5.08. The summed E-state index contributed by atoms with van der Waals surface area (Å²) in [6, 6.07) is 11.4. The monoisotopic (exact) mass is 365 g/mol. The number of quaternary nitrogens is 1. The first-order valence-electron chi connectivity index (χ1n) is 9.76. The van der Waals surface area contributed by atoms with Gasteiger partial charge in [-0.1, -0.05) is 30.3 Å². The van der Waals surface area contributed by atoms with Crippen molar-refractivity contribution >= 4 is 27.4 Å². The Bertz CT molecular complexity index is 897. The van der Waals surface area contributed by atoms with Gasteiger partial charge in [0, 0.05) is 29.3 Å². The van der Waals surface area contributed by atoms with Gasteiger partial charge in [-0.3, -0.25) is 0 Å². The summed E-state index contributed by atoms with van der Waals surface area (Å²) in [4.78, 5) is 13.5. The lowest BCUT2D eigenvalue weighted by Crippen LogP contribution is -3.12. The van der Waals surface area contributed by atoms with Crippen molar-refractivity contribution in [3.8, 4) is 0 Å². The summed E-state index contributed by atoms with van der Waals surface area (Å²) < 4.78 is 0. The van der Waals surface area contributed by atoms with Crippen molar-refractivity contribution in [2.45, 2.75) is 44.7 Å². The number of thiophene rings is 1. The van der Waals surface area contributed by atoms with Crippen LogP contribution < -0.4 is 10.2 Å². The average Bonchev–Trinajstić information content (AvgIpc) is 3.25. The Labute approximate surface area is 158 Å². The van der Waals surface area contributed by atoms with Gasteiger partial charge in [0.1, 0.15) is 23.5 Å². The van der Waals surface area contributed by atoms with Crippen molar-refractivity contribution in [2.75, 3.05) is 18.4 Å². The maximum atomic E-state index is 4.62. The summed E-state index contributed by atoms with van der Waals surface area (Å²) in [7, 11) is 0. The van der Waals surface area contributed by atoms with Gasteiger partial charge in [0.25, 0.3) is 0 Å². The molecule has 1 saturated heterocycles. The number of rotatable bonds is 4. The maximum absolute atomic E-state index is 4.62. The van der Waals surface area contributed by atoms with Gasteiger partial charge in [-0.2, -0.15) is 0 Å². The number of aryl methyl sites for hydroxylation is 2. The second kappa shape index (κ2) is 6.97. The van der Waals surface area contributed by atoms with E-state index in [-0.39, 0.29) is 0 Å². The van der Waals surface area contributed by atoms with Gasteiger partial charge in [-0.25, -0.2) is 9.97 Å². The van der Waals surface area contributed by atoms with Gasteiger partial charge < -0.3 is 10.2 Å². The molecule has 134 valence electrons. The molecule has 0 radical (unpaired) electrons. The molecule has 0 bridgehead atoms. The Hall–Kier alpha value is -1.98. The highest BCUT2D eigenvalue weighted by atomic mass is 32.1. The molecule has 0 atom stereocenters. The Morgan fingerprint density at radius 3 is 2.77 bits per heavy atom. The molecule has 4 nitrogen and oxygen atoms in total. The number of hydrogen-bond acceptors (Lipinski definition) is 4. The minimum absolute atomic E-state index is 0.532. The minimum Gasteiger partial charge on any atom is -0.366 e. The van der Waals surface area contributed by atoms with Crippen LogP contribution in [0.2, 0.25) is 0 Å². The van der Waals surface area contributed by atoms with Gasteiger partial charge in [-0.15, -0.1) is 11.3 Å². The molecule has 0 unspecified atom stereocenters. The quantitative estimate of drug-likeness (QED) is 0.747. The van der Waals surface area contributed by atoms with Crippen molar-refractivity contribution in [1.82, 2.24) is 9.97 Å². The molecule has 0 saturated carbocycles. The smallest absolute Gasteiger partial charge is 0.138 e. The number of hydrogen-bond donors (Lipinski definition) is 2. The number of likely N-dealkylation sites (tertiary alicyclic amines) is 1. The highest BCUT2D eigenvalue weighted by Crippen LogP contribution is 2.39. The molecule has 3 heterocycles. The number of piperidine rings is 1. The van der Waals surface area contributed by atoms with Gasteiger partial charge in [0.05, 0.1) is 18.5 Å². The van der Waals surface area contributed by atoms with Crippen LogP contribution in [0.3, 0.4) is 0 Å². The van der Waals surface area contributed by atoms with Crippen LogP contribution in [0.1, 0.15) is 35.3 Å². The topological polar surface area (TPSA) is 42.2 Å². The molecule has 2 N–H and O–H groups in total. The fourth-order valence-corrected chi connectivity index (χ4v) is 5.69. The third-order valence-electron chi connectivity index (χ3n) is 5.83. The van der Waals surface area contributed by atoms with Crippen molar-refractivity contribution < 1.29 is 4.90 Å². The van der Waals surface area contributed by atoms with Crippen molar-refractivity contribution in [1.29, 1.82) is 0 Å². The molecule has 3 aromatic rings. The number of benzene rings is 1. The molecule has 1 aromatic carbocycles. The van der Waals surface area contributed by atoms with Crippen LogP contribution in [-0.4, -0.2) is 29.1 Å². The second-order valence-electron chi connectivity index (χ2n) is 7.59. The normalized spacial score (nSPS) is 22.5. The summed E-state index contributed by atoms with van der Waals surface area (Å²) >= 11 is 1.87. The van der Waals surface area contributed by atoms with Crippen molar-refractivity contribution in [2.24, 2.45) is 0 Å². The van der Waals surface area contributed by atoms with Crippen molar-refractivity contribution in [3.63, 3.8) is 0 Å². The average molecular weight is 366 g/mol. The number of nitrogens with one attached hydrogen (secondary N) is 2. The van der Waals surface area contributed by atoms with Crippen molar-refractivity contribution in [3.05, 3.63) is 52.7 Å². The SMILES string of the molecule is c1ccc(C[NH+]2CCC(Nc3ncnc4sc5c(c34)CCC5)CC2)cc1. The van der Waals surface area contributed by atoms with E-state index in [1.165, 1.54) is 71.4 Å². The minimum atomic E-state index is 0.532. The largest absolute Gasteiger partial charge is 0.366 e. The first kappa shape index (κ1) is 16.2. The molecule has 0 amide bonds. The van der Waals surface area contributed by atoms with Gasteiger partial charge in [0.15, 0.2) is 0 Å². The van der Waals surface area contributed by atoms with E-state index in [0.29, 0.717) is 6.04 Å². The Morgan fingerprint density at radius 1 is 1.08 bits per heavy atom.